The molecule has 1 atom stereocenters. The number of amides is 3. The van der Waals surface area contributed by atoms with Crippen LogP contribution in [0.3, 0.4) is 0 Å². The number of nitrogens with one attached hydrogen (secondary N) is 4. The van der Waals surface area contributed by atoms with Crippen molar-refractivity contribution in [2.24, 2.45) is 0 Å². The summed E-state index contributed by atoms with van der Waals surface area (Å²) < 4.78 is 5.54. The maximum absolute atomic E-state index is 13.7. The molecule has 244 valence electrons. The number of benzene rings is 5. The zero-order chi connectivity index (χ0) is 34.0. The summed E-state index contributed by atoms with van der Waals surface area (Å²) in [6.07, 6.45) is 3.48. The Balaban J connectivity index is 1.22. The van der Waals surface area contributed by atoms with Gasteiger partial charge >= 0.3 is 0 Å². The highest BCUT2D eigenvalue weighted by Gasteiger charge is 2.23. The van der Waals surface area contributed by atoms with Gasteiger partial charge in [-0.05, 0) is 90.2 Å². The number of aromatic nitrogens is 1. The molecule has 0 saturated heterocycles. The molecule has 8 nitrogen and oxygen atoms in total. The summed E-state index contributed by atoms with van der Waals surface area (Å²) in [7, 11) is 0. The average molecular weight is 667 g/mol. The van der Waals surface area contributed by atoms with E-state index in [1.54, 1.807) is 36.4 Å². The van der Waals surface area contributed by atoms with Gasteiger partial charge in [0.05, 0.1) is 6.61 Å². The number of thioether (sulfide) groups is 1. The summed E-state index contributed by atoms with van der Waals surface area (Å²) in [5.41, 5.74) is 4.16. The van der Waals surface area contributed by atoms with E-state index in [0.717, 1.165) is 21.4 Å². The van der Waals surface area contributed by atoms with Crippen molar-refractivity contribution < 1.29 is 19.1 Å². The molecule has 1 heterocycles. The number of rotatable bonds is 12. The van der Waals surface area contributed by atoms with Crippen molar-refractivity contribution in [3.05, 3.63) is 162 Å². The molecule has 0 spiro atoms. The number of hydrogen-bond donors (Lipinski definition) is 4. The van der Waals surface area contributed by atoms with Crippen LogP contribution >= 0.6 is 11.8 Å². The number of anilines is 2. The largest absolute Gasteiger partial charge is 0.494 e. The highest BCUT2D eigenvalue weighted by molar-refractivity contribution is 8.00. The Kier molecular flexibility index (Phi) is 10.5. The van der Waals surface area contributed by atoms with E-state index in [9.17, 15) is 14.4 Å². The van der Waals surface area contributed by atoms with Gasteiger partial charge in [0.1, 0.15) is 16.7 Å². The molecule has 5 aromatic carbocycles. The van der Waals surface area contributed by atoms with Gasteiger partial charge in [-0.2, -0.15) is 0 Å². The van der Waals surface area contributed by atoms with Crippen LogP contribution in [-0.4, -0.2) is 29.3 Å². The van der Waals surface area contributed by atoms with Gasteiger partial charge < -0.3 is 25.7 Å². The number of ether oxygens (including phenoxy) is 1. The van der Waals surface area contributed by atoms with Gasteiger partial charge in [-0.15, -0.1) is 11.8 Å². The third-order valence-electron chi connectivity index (χ3n) is 7.54. The van der Waals surface area contributed by atoms with E-state index in [4.69, 9.17) is 4.74 Å². The predicted molar refractivity (Wildman–Crippen MR) is 197 cm³/mol. The number of fused-ring (bicyclic) bond motifs is 1. The fraction of sp³-hybridized carbons (Fsp3) is 0.0750. The molecule has 0 bridgehead atoms. The second-order valence-corrected chi connectivity index (χ2v) is 12.2. The summed E-state index contributed by atoms with van der Waals surface area (Å²) in [6, 6.07) is 40.5. The van der Waals surface area contributed by atoms with Crippen molar-refractivity contribution in [2.45, 2.75) is 17.1 Å². The number of hydrogen-bond acceptors (Lipinski definition) is 5. The minimum atomic E-state index is -0.577. The predicted octanol–water partition coefficient (Wildman–Crippen LogP) is 8.45. The van der Waals surface area contributed by atoms with E-state index in [0.29, 0.717) is 34.9 Å². The van der Waals surface area contributed by atoms with Gasteiger partial charge in [0.15, 0.2) is 0 Å². The van der Waals surface area contributed by atoms with E-state index >= 15 is 0 Å². The lowest BCUT2D eigenvalue weighted by atomic mass is 10.1. The molecule has 1 unspecified atom stereocenters. The lowest BCUT2D eigenvalue weighted by Crippen LogP contribution is -2.30. The third-order valence-corrected chi connectivity index (χ3v) is 8.79. The minimum Gasteiger partial charge on any atom is -0.494 e. The first kappa shape index (κ1) is 32.9. The first-order chi connectivity index (χ1) is 23.9. The van der Waals surface area contributed by atoms with Crippen LogP contribution < -0.4 is 20.7 Å². The van der Waals surface area contributed by atoms with Crippen molar-refractivity contribution in [3.63, 3.8) is 0 Å². The molecule has 0 radical (unpaired) electrons. The zero-order valence-electron chi connectivity index (χ0n) is 26.7. The monoisotopic (exact) mass is 666 g/mol. The Morgan fingerprint density at radius 3 is 2.27 bits per heavy atom. The molecule has 0 aliphatic heterocycles. The molecule has 0 aliphatic rings. The fourth-order valence-electron chi connectivity index (χ4n) is 5.15. The fourth-order valence-corrected chi connectivity index (χ4v) is 6.24. The van der Waals surface area contributed by atoms with E-state index in [-0.39, 0.29) is 11.6 Å². The number of H-pyrrole nitrogens is 1. The Morgan fingerprint density at radius 1 is 0.776 bits per heavy atom. The van der Waals surface area contributed by atoms with Crippen LogP contribution in [-0.2, 0) is 9.59 Å². The molecule has 49 heavy (non-hydrogen) atoms. The van der Waals surface area contributed by atoms with Crippen LogP contribution in [0.1, 0.15) is 33.7 Å². The molecule has 6 aromatic rings. The molecule has 0 aliphatic carbocycles. The minimum absolute atomic E-state index is 0.0663. The van der Waals surface area contributed by atoms with Crippen molar-refractivity contribution >= 4 is 57.8 Å². The molecule has 1 aromatic heterocycles. The topological polar surface area (TPSA) is 112 Å². The lowest BCUT2D eigenvalue weighted by molar-refractivity contribution is -0.116. The first-order valence-corrected chi connectivity index (χ1v) is 16.6. The van der Waals surface area contributed by atoms with Crippen LogP contribution in [0, 0.1) is 0 Å². The van der Waals surface area contributed by atoms with Gasteiger partial charge in [0.2, 0.25) is 5.91 Å². The summed E-state index contributed by atoms with van der Waals surface area (Å²) in [5, 5.41) is 9.25. The Morgan fingerprint density at radius 2 is 1.51 bits per heavy atom. The van der Waals surface area contributed by atoms with Crippen molar-refractivity contribution in [1.82, 2.24) is 10.3 Å². The molecular weight excluding hydrogens is 633 g/mol. The molecule has 6 rings (SSSR count). The van der Waals surface area contributed by atoms with Crippen LogP contribution in [0.5, 0.6) is 5.75 Å². The van der Waals surface area contributed by atoms with Gasteiger partial charge in [-0.3, -0.25) is 14.4 Å². The maximum Gasteiger partial charge on any atom is 0.272 e. The van der Waals surface area contributed by atoms with Crippen LogP contribution in [0.15, 0.2) is 150 Å². The quantitative estimate of drug-likeness (QED) is 0.0774. The second kappa shape index (κ2) is 15.7. The summed E-state index contributed by atoms with van der Waals surface area (Å²) >= 11 is 1.37. The average Bonchev–Trinajstić information content (AvgIpc) is 3.60. The van der Waals surface area contributed by atoms with E-state index in [1.807, 2.05) is 116 Å². The van der Waals surface area contributed by atoms with Crippen LogP contribution in [0.4, 0.5) is 11.4 Å². The maximum atomic E-state index is 13.7. The number of aromatic amines is 1. The van der Waals surface area contributed by atoms with Crippen molar-refractivity contribution in [2.75, 3.05) is 17.2 Å². The van der Waals surface area contributed by atoms with E-state index in [1.165, 1.54) is 11.8 Å². The standard InChI is InChI=1S/C40H34N4O4S/c1-2-48-33-20-16-27(17-21-33)24-36(44-38(45)30-12-7-4-8-13-30)39(46)42-31-14-9-15-34(25-31)49-37(29-10-5-3-6-11-29)40(47)43-32-19-18-28-22-23-41-35(28)26-32/h3-26,37,41H,2H2,1H3,(H,42,46)(H,43,47)(H,44,45)/b36-24+. The van der Waals surface area contributed by atoms with E-state index < -0.39 is 17.1 Å². The SMILES string of the molecule is CCOc1ccc(/C=C(/NC(=O)c2ccccc2)C(=O)Nc2cccc(SC(C(=O)Nc3ccc4cc[nH]c4c3)c3ccccc3)c2)cc1. The van der Waals surface area contributed by atoms with Gasteiger partial charge in [-0.1, -0.05) is 72.8 Å². The summed E-state index contributed by atoms with van der Waals surface area (Å²) in [5.74, 6) is -0.389. The lowest BCUT2D eigenvalue weighted by Gasteiger charge is -2.18. The Bertz CT molecular complexity index is 2090. The normalized spacial score (nSPS) is 11.8. The van der Waals surface area contributed by atoms with Crippen LogP contribution in [0.25, 0.3) is 17.0 Å². The third kappa shape index (κ3) is 8.65. The van der Waals surface area contributed by atoms with Crippen molar-refractivity contribution in [1.29, 1.82) is 0 Å². The number of carbonyl (C=O) groups is 3. The molecule has 0 saturated carbocycles. The second-order valence-electron chi connectivity index (χ2n) is 11.0. The van der Waals surface area contributed by atoms with Gasteiger partial charge in [0.25, 0.3) is 11.8 Å². The van der Waals surface area contributed by atoms with E-state index in [2.05, 4.69) is 20.9 Å². The highest BCUT2D eigenvalue weighted by Crippen LogP contribution is 2.37. The zero-order valence-corrected chi connectivity index (χ0v) is 27.5. The molecule has 3 amide bonds. The molecule has 4 N–H and O–H groups in total. The smallest absolute Gasteiger partial charge is 0.272 e. The van der Waals surface area contributed by atoms with Crippen LogP contribution in [0.2, 0.25) is 0 Å². The molecular formula is C40H34N4O4S. The summed E-state index contributed by atoms with van der Waals surface area (Å²) in [6.45, 7) is 2.44. The van der Waals surface area contributed by atoms with Crippen molar-refractivity contribution in [3.8, 4) is 5.75 Å². The van der Waals surface area contributed by atoms with Gasteiger partial charge in [-0.25, -0.2) is 0 Å². The molecule has 9 heteroatoms. The highest BCUT2D eigenvalue weighted by atomic mass is 32.2. The Hall–Kier alpha value is -6.06. The summed E-state index contributed by atoms with van der Waals surface area (Å²) in [4.78, 5) is 44.5. The molecule has 0 fully saturated rings. The number of carbonyl (C=O) groups excluding carboxylic acids is 3. The Labute approximate surface area is 288 Å². The van der Waals surface area contributed by atoms with Gasteiger partial charge in [0, 0.05) is 33.5 Å². The first-order valence-electron chi connectivity index (χ1n) is 15.8.